The first-order chi connectivity index (χ1) is 18.3. The van der Waals surface area contributed by atoms with Gasteiger partial charge in [0.15, 0.2) is 5.16 Å². The van der Waals surface area contributed by atoms with Gasteiger partial charge in [-0.1, -0.05) is 95.1 Å². The maximum absolute atomic E-state index is 13.7. The van der Waals surface area contributed by atoms with E-state index in [-0.39, 0.29) is 11.5 Å². The topological polar surface area (TPSA) is 64.0 Å². The fourth-order valence-corrected chi connectivity index (χ4v) is 5.80. The number of nitrogens with zero attached hydrogens (tertiary/aromatic N) is 2. The van der Waals surface area contributed by atoms with Crippen molar-refractivity contribution >= 4 is 69.1 Å². The Balaban J connectivity index is 1.64. The Bertz CT molecular complexity index is 1700. The van der Waals surface area contributed by atoms with Gasteiger partial charge in [-0.2, -0.15) is 0 Å². The highest BCUT2D eigenvalue weighted by atomic mass is 35.5. The molecule has 1 atom stereocenters. The normalized spacial score (nSPS) is 11.9. The van der Waals surface area contributed by atoms with Crippen molar-refractivity contribution < 1.29 is 4.79 Å². The number of nitrogens with one attached hydrogen (secondary N) is 1. The lowest BCUT2D eigenvalue weighted by atomic mass is 10.1. The third kappa shape index (κ3) is 5.59. The molecule has 190 valence electrons. The highest BCUT2D eigenvalue weighted by Gasteiger charge is 2.26. The minimum atomic E-state index is -0.755. The molecule has 1 aromatic heterocycles. The summed E-state index contributed by atoms with van der Waals surface area (Å²) in [7, 11) is 0. The molecule has 0 aliphatic carbocycles. The summed E-state index contributed by atoms with van der Waals surface area (Å²) >= 11 is 19.9. The Morgan fingerprint density at radius 2 is 1.58 bits per heavy atom. The predicted molar refractivity (Wildman–Crippen MR) is 157 cm³/mol. The Labute approximate surface area is 238 Å². The molecular formula is C29H20Cl3N3O2S. The Morgan fingerprint density at radius 1 is 0.895 bits per heavy atom. The Kier molecular flexibility index (Phi) is 7.77. The highest BCUT2D eigenvalue weighted by Crippen LogP contribution is 2.37. The maximum atomic E-state index is 13.7. The number of para-hydroxylation sites is 1. The number of carbonyl (C=O) groups is 1. The molecule has 0 bridgehead atoms. The summed E-state index contributed by atoms with van der Waals surface area (Å²) in [6, 6.07) is 26.6. The predicted octanol–water partition coefficient (Wildman–Crippen LogP) is 8.13. The number of aryl methyl sites for hydroxylation is 1. The number of amides is 1. The molecule has 0 radical (unpaired) electrons. The smallest absolute Gasteiger partial charge is 0.266 e. The van der Waals surface area contributed by atoms with Gasteiger partial charge < -0.3 is 5.32 Å². The third-order valence-electron chi connectivity index (χ3n) is 5.85. The van der Waals surface area contributed by atoms with Crippen molar-refractivity contribution in [3.05, 3.63) is 128 Å². The molecule has 38 heavy (non-hydrogen) atoms. The first-order valence-electron chi connectivity index (χ1n) is 11.6. The van der Waals surface area contributed by atoms with Crippen LogP contribution in [-0.4, -0.2) is 15.5 Å². The standard InChI is InChI=1S/C29H20Cl3N3O2S/c1-17-11-12-22(16-24(17)32)35-28(37)23-9-5-6-10-25(23)34-29(35)38-26(18-7-3-2-4-8-18)27(36)33-21-14-19(30)13-20(31)15-21/h2-16,26H,1H3,(H,33,36). The van der Waals surface area contributed by atoms with Crippen LogP contribution in [0.5, 0.6) is 0 Å². The molecule has 9 heteroatoms. The fourth-order valence-electron chi connectivity index (χ4n) is 3.98. The van der Waals surface area contributed by atoms with E-state index in [2.05, 4.69) is 5.32 Å². The quantitative estimate of drug-likeness (QED) is 0.163. The van der Waals surface area contributed by atoms with Crippen LogP contribution in [0.25, 0.3) is 16.6 Å². The average Bonchev–Trinajstić information content (AvgIpc) is 2.89. The van der Waals surface area contributed by atoms with E-state index >= 15 is 0 Å². The van der Waals surface area contributed by atoms with Crippen molar-refractivity contribution in [3.8, 4) is 5.69 Å². The van der Waals surface area contributed by atoms with Gasteiger partial charge in [0, 0.05) is 20.8 Å². The number of rotatable bonds is 6. The third-order valence-corrected chi connectivity index (χ3v) is 7.90. The summed E-state index contributed by atoms with van der Waals surface area (Å²) in [6.07, 6.45) is 0. The summed E-state index contributed by atoms with van der Waals surface area (Å²) in [5, 5.41) is 4.28. The van der Waals surface area contributed by atoms with Crippen molar-refractivity contribution in [2.75, 3.05) is 5.32 Å². The van der Waals surface area contributed by atoms with Crippen LogP contribution < -0.4 is 10.9 Å². The molecule has 5 rings (SSSR count). The second kappa shape index (κ2) is 11.2. The SMILES string of the molecule is Cc1ccc(-n2c(SC(C(=O)Nc3cc(Cl)cc(Cl)c3)c3ccccc3)nc3ccccc3c2=O)cc1Cl. The number of carbonyl (C=O) groups excluding carboxylic acids is 1. The average molecular weight is 581 g/mol. The summed E-state index contributed by atoms with van der Waals surface area (Å²) in [5.74, 6) is -0.324. The molecular weight excluding hydrogens is 561 g/mol. The zero-order valence-corrected chi connectivity index (χ0v) is 23.1. The van der Waals surface area contributed by atoms with Crippen LogP contribution >= 0.6 is 46.6 Å². The second-order valence-corrected chi connectivity index (χ2v) is 10.9. The molecule has 4 aromatic carbocycles. The Morgan fingerprint density at radius 3 is 2.29 bits per heavy atom. The fraction of sp³-hybridized carbons (Fsp3) is 0.0690. The molecule has 1 unspecified atom stereocenters. The van der Waals surface area contributed by atoms with Gasteiger partial charge in [-0.15, -0.1) is 0 Å². The van der Waals surface area contributed by atoms with Gasteiger partial charge in [0.05, 0.1) is 16.6 Å². The lowest BCUT2D eigenvalue weighted by Gasteiger charge is -2.20. The number of hydrogen-bond acceptors (Lipinski definition) is 4. The molecule has 1 N–H and O–H groups in total. The lowest BCUT2D eigenvalue weighted by molar-refractivity contribution is -0.115. The molecule has 0 fully saturated rings. The van der Waals surface area contributed by atoms with Crippen molar-refractivity contribution in [1.82, 2.24) is 9.55 Å². The van der Waals surface area contributed by atoms with Crippen LogP contribution in [-0.2, 0) is 4.79 Å². The number of anilines is 1. The molecule has 0 aliphatic rings. The molecule has 0 saturated carbocycles. The zero-order chi connectivity index (χ0) is 26.8. The van der Waals surface area contributed by atoms with E-state index in [1.165, 1.54) is 16.3 Å². The van der Waals surface area contributed by atoms with Gasteiger partial charge in [0.1, 0.15) is 5.25 Å². The van der Waals surface area contributed by atoms with Crippen molar-refractivity contribution in [3.63, 3.8) is 0 Å². The van der Waals surface area contributed by atoms with E-state index in [9.17, 15) is 9.59 Å². The first kappa shape index (κ1) is 26.3. The summed E-state index contributed by atoms with van der Waals surface area (Å²) in [5.41, 5.74) is 2.91. The number of benzene rings is 4. The first-order valence-corrected chi connectivity index (χ1v) is 13.6. The van der Waals surface area contributed by atoms with Gasteiger partial charge in [-0.3, -0.25) is 14.2 Å². The number of halogens is 3. The van der Waals surface area contributed by atoms with E-state index in [1.54, 1.807) is 42.5 Å². The highest BCUT2D eigenvalue weighted by molar-refractivity contribution is 8.00. The van der Waals surface area contributed by atoms with Crippen molar-refractivity contribution in [2.24, 2.45) is 0 Å². The number of aromatic nitrogens is 2. The van der Waals surface area contributed by atoms with Gasteiger partial charge in [0.25, 0.3) is 5.56 Å². The summed E-state index contributed by atoms with van der Waals surface area (Å²) in [6.45, 7) is 1.89. The number of thioether (sulfide) groups is 1. The van der Waals surface area contributed by atoms with Crippen LogP contribution in [0.1, 0.15) is 16.4 Å². The maximum Gasteiger partial charge on any atom is 0.266 e. The molecule has 0 aliphatic heterocycles. The molecule has 0 saturated heterocycles. The monoisotopic (exact) mass is 579 g/mol. The number of fused-ring (bicyclic) bond motifs is 1. The zero-order valence-electron chi connectivity index (χ0n) is 20.0. The van der Waals surface area contributed by atoms with Crippen molar-refractivity contribution in [2.45, 2.75) is 17.3 Å². The van der Waals surface area contributed by atoms with Crippen LogP contribution in [0.2, 0.25) is 15.1 Å². The number of hydrogen-bond donors (Lipinski definition) is 1. The van der Waals surface area contributed by atoms with Crippen LogP contribution in [0.3, 0.4) is 0 Å². The van der Waals surface area contributed by atoms with E-state index in [0.717, 1.165) is 11.1 Å². The second-order valence-electron chi connectivity index (χ2n) is 8.54. The Hall–Kier alpha value is -3.29. The lowest BCUT2D eigenvalue weighted by Crippen LogP contribution is -2.24. The minimum Gasteiger partial charge on any atom is -0.325 e. The molecule has 5 nitrogen and oxygen atoms in total. The van der Waals surface area contributed by atoms with Gasteiger partial charge in [-0.05, 0) is 60.5 Å². The van der Waals surface area contributed by atoms with E-state index in [1.807, 2.05) is 55.5 Å². The minimum absolute atomic E-state index is 0.258. The van der Waals surface area contributed by atoms with Gasteiger partial charge in [0.2, 0.25) is 5.91 Å². The van der Waals surface area contributed by atoms with Crippen LogP contribution in [0.4, 0.5) is 5.69 Å². The van der Waals surface area contributed by atoms with Crippen LogP contribution in [0.15, 0.2) is 101 Å². The van der Waals surface area contributed by atoms with E-state index in [0.29, 0.717) is 42.5 Å². The molecule has 5 aromatic rings. The van der Waals surface area contributed by atoms with E-state index < -0.39 is 5.25 Å². The largest absolute Gasteiger partial charge is 0.325 e. The summed E-state index contributed by atoms with van der Waals surface area (Å²) in [4.78, 5) is 32.2. The van der Waals surface area contributed by atoms with Crippen molar-refractivity contribution in [1.29, 1.82) is 0 Å². The molecule has 0 spiro atoms. The van der Waals surface area contributed by atoms with E-state index in [4.69, 9.17) is 39.8 Å². The van der Waals surface area contributed by atoms with Crippen LogP contribution in [0, 0.1) is 6.92 Å². The molecule has 1 heterocycles. The van der Waals surface area contributed by atoms with Gasteiger partial charge in [-0.25, -0.2) is 4.98 Å². The summed E-state index contributed by atoms with van der Waals surface area (Å²) < 4.78 is 1.50. The molecule has 1 amide bonds. The van der Waals surface area contributed by atoms with Gasteiger partial charge >= 0.3 is 0 Å².